The average Bonchev–Trinajstić information content (AvgIpc) is 2.84. The first-order chi connectivity index (χ1) is 7.22. The molecule has 1 N–H and O–H groups in total. The van der Waals surface area contributed by atoms with Crippen molar-refractivity contribution in [1.29, 1.82) is 0 Å². The van der Waals surface area contributed by atoms with Crippen molar-refractivity contribution < 1.29 is 9.84 Å². The predicted octanol–water partition coefficient (Wildman–Crippen LogP) is 3.55. The minimum absolute atomic E-state index is 0.641. The molecule has 0 bridgehead atoms. The molecule has 2 nitrogen and oxygen atoms in total. The number of ether oxygens (including phenoxy) is 1. The van der Waals surface area contributed by atoms with Crippen molar-refractivity contribution >= 4 is 34.3 Å². The highest BCUT2D eigenvalue weighted by Crippen LogP contribution is 2.38. The van der Waals surface area contributed by atoms with Gasteiger partial charge in [0.05, 0.1) is 16.3 Å². The van der Waals surface area contributed by atoms with Gasteiger partial charge in [0, 0.05) is 4.88 Å². The van der Waals surface area contributed by atoms with Gasteiger partial charge in [0.2, 0.25) is 0 Å². The van der Waals surface area contributed by atoms with Crippen molar-refractivity contribution in [2.24, 2.45) is 0 Å². The van der Waals surface area contributed by atoms with E-state index in [9.17, 15) is 5.11 Å². The summed E-state index contributed by atoms with van der Waals surface area (Å²) in [6.45, 7) is 0. The maximum absolute atomic E-state index is 10.1. The van der Waals surface area contributed by atoms with Crippen LogP contribution in [0.15, 0.2) is 23.6 Å². The lowest BCUT2D eigenvalue weighted by molar-refractivity contribution is 0.223. The minimum Gasteiger partial charge on any atom is -0.495 e. The largest absolute Gasteiger partial charge is 0.495 e. The lowest BCUT2D eigenvalue weighted by Crippen LogP contribution is -1.96. The Morgan fingerprint density at radius 3 is 2.80 bits per heavy atom. The molecule has 1 atom stereocenters. The van der Waals surface area contributed by atoms with E-state index >= 15 is 0 Å². The lowest BCUT2D eigenvalue weighted by Gasteiger charge is -2.08. The molecule has 2 heterocycles. The number of thiophene rings is 2. The third kappa shape index (κ3) is 2.18. The van der Waals surface area contributed by atoms with E-state index in [1.807, 2.05) is 17.5 Å². The molecule has 1 unspecified atom stereocenters. The minimum atomic E-state index is -0.641. The Labute approximate surface area is 101 Å². The van der Waals surface area contributed by atoms with Gasteiger partial charge < -0.3 is 9.84 Å². The first-order valence-electron chi connectivity index (χ1n) is 4.27. The van der Waals surface area contributed by atoms with E-state index in [0.29, 0.717) is 4.34 Å². The van der Waals surface area contributed by atoms with Crippen LogP contribution < -0.4 is 4.74 Å². The molecule has 0 saturated heterocycles. The van der Waals surface area contributed by atoms with E-state index in [1.165, 1.54) is 22.7 Å². The topological polar surface area (TPSA) is 29.5 Å². The van der Waals surface area contributed by atoms with Gasteiger partial charge in [-0.1, -0.05) is 11.6 Å². The second-order valence-electron chi connectivity index (χ2n) is 2.90. The van der Waals surface area contributed by atoms with Crippen LogP contribution in [0.25, 0.3) is 0 Å². The number of halogens is 1. The summed E-state index contributed by atoms with van der Waals surface area (Å²) in [5.41, 5.74) is 0. The molecule has 0 spiro atoms. The summed E-state index contributed by atoms with van der Waals surface area (Å²) in [6.07, 6.45) is -0.641. The number of aliphatic hydroxyl groups excluding tert-OH is 1. The molecule has 5 heteroatoms. The summed E-state index contributed by atoms with van der Waals surface area (Å²) in [6, 6.07) is 5.46. The summed E-state index contributed by atoms with van der Waals surface area (Å²) in [5.74, 6) is 0.719. The fourth-order valence-electron chi connectivity index (χ4n) is 1.28. The van der Waals surface area contributed by atoms with E-state index in [1.54, 1.807) is 13.2 Å². The molecule has 2 rings (SSSR count). The van der Waals surface area contributed by atoms with E-state index < -0.39 is 6.10 Å². The zero-order valence-corrected chi connectivity index (χ0v) is 10.3. The van der Waals surface area contributed by atoms with Crippen LogP contribution in [0.2, 0.25) is 4.34 Å². The van der Waals surface area contributed by atoms with Gasteiger partial charge in [-0.2, -0.15) is 0 Å². The molecule has 0 aromatic carbocycles. The van der Waals surface area contributed by atoms with Gasteiger partial charge in [-0.3, -0.25) is 0 Å². The van der Waals surface area contributed by atoms with Gasteiger partial charge in [0.25, 0.3) is 0 Å². The number of methoxy groups -OCH3 is 1. The maximum Gasteiger partial charge on any atom is 0.135 e. The third-order valence-electron chi connectivity index (χ3n) is 1.99. The van der Waals surface area contributed by atoms with Gasteiger partial charge in [0.15, 0.2) is 0 Å². The zero-order valence-electron chi connectivity index (χ0n) is 7.94. The average molecular weight is 261 g/mol. The molecular formula is C10H9ClO2S2. The van der Waals surface area contributed by atoms with Crippen LogP contribution in [-0.4, -0.2) is 12.2 Å². The van der Waals surface area contributed by atoms with Crippen LogP contribution in [0.5, 0.6) is 5.75 Å². The fourth-order valence-corrected chi connectivity index (χ4v) is 3.27. The molecule has 15 heavy (non-hydrogen) atoms. The molecule has 0 aliphatic heterocycles. The second kappa shape index (κ2) is 4.53. The van der Waals surface area contributed by atoms with Gasteiger partial charge >= 0.3 is 0 Å². The number of aliphatic hydroxyl groups is 1. The Bertz CT molecular complexity index is 450. The van der Waals surface area contributed by atoms with E-state index in [4.69, 9.17) is 16.3 Å². The van der Waals surface area contributed by atoms with Crippen LogP contribution in [0.1, 0.15) is 15.9 Å². The Balaban J connectivity index is 2.31. The monoisotopic (exact) mass is 260 g/mol. The van der Waals surface area contributed by atoms with Crippen molar-refractivity contribution in [1.82, 2.24) is 0 Å². The molecule has 0 radical (unpaired) electrons. The van der Waals surface area contributed by atoms with Crippen LogP contribution >= 0.6 is 34.3 Å². The number of hydrogen-bond acceptors (Lipinski definition) is 4. The summed E-state index contributed by atoms with van der Waals surface area (Å²) in [4.78, 5) is 1.65. The summed E-state index contributed by atoms with van der Waals surface area (Å²) in [5, 5.41) is 12.0. The first kappa shape index (κ1) is 11.0. The molecule has 0 saturated carbocycles. The Kier molecular flexibility index (Phi) is 3.31. The predicted molar refractivity (Wildman–Crippen MR) is 64.3 cm³/mol. The molecule has 80 valence electrons. The first-order valence-corrected chi connectivity index (χ1v) is 6.34. The van der Waals surface area contributed by atoms with E-state index in [0.717, 1.165) is 15.5 Å². The zero-order chi connectivity index (χ0) is 10.8. The molecule has 2 aromatic rings. The molecular weight excluding hydrogens is 252 g/mol. The second-order valence-corrected chi connectivity index (χ2v) is 5.59. The Morgan fingerprint density at radius 1 is 1.40 bits per heavy atom. The normalized spacial score (nSPS) is 12.7. The van der Waals surface area contributed by atoms with Gasteiger partial charge in [-0.15, -0.1) is 22.7 Å². The molecule has 0 fully saturated rings. The van der Waals surface area contributed by atoms with Crippen LogP contribution in [-0.2, 0) is 0 Å². The highest BCUT2D eigenvalue weighted by molar-refractivity contribution is 7.16. The maximum atomic E-state index is 10.1. The highest BCUT2D eigenvalue weighted by Gasteiger charge is 2.18. The fraction of sp³-hybridized carbons (Fsp3) is 0.200. The standard InChI is InChI=1S/C10H9ClO2S2/c1-13-6-4-5-14-10(6)9(12)7-2-3-8(11)15-7/h2-5,9,12H,1H3. The van der Waals surface area contributed by atoms with Crippen molar-refractivity contribution in [3.8, 4) is 5.75 Å². The van der Waals surface area contributed by atoms with Crippen molar-refractivity contribution in [2.75, 3.05) is 7.11 Å². The Hall–Kier alpha value is -0.550. The van der Waals surface area contributed by atoms with E-state index in [2.05, 4.69) is 0 Å². The molecule has 2 aromatic heterocycles. The SMILES string of the molecule is COc1ccsc1C(O)c1ccc(Cl)s1. The quantitative estimate of drug-likeness (QED) is 0.915. The summed E-state index contributed by atoms with van der Waals surface area (Å²) in [7, 11) is 1.60. The molecule has 0 aliphatic carbocycles. The summed E-state index contributed by atoms with van der Waals surface area (Å²) >= 11 is 8.67. The Morgan fingerprint density at radius 2 is 2.20 bits per heavy atom. The van der Waals surface area contributed by atoms with Gasteiger partial charge in [-0.25, -0.2) is 0 Å². The third-order valence-corrected chi connectivity index (χ3v) is 4.22. The van der Waals surface area contributed by atoms with Crippen molar-refractivity contribution in [3.63, 3.8) is 0 Å². The van der Waals surface area contributed by atoms with Gasteiger partial charge in [-0.05, 0) is 23.6 Å². The van der Waals surface area contributed by atoms with Crippen LogP contribution in [0.3, 0.4) is 0 Å². The molecule has 0 amide bonds. The summed E-state index contributed by atoms with van der Waals surface area (Å²) < 4.78 is 5.84. The smallest absolute Gasteiger partial charge is 0.135 e. The number of rotatable bonds is 3. The van der Waals surface area contributed by atoms with E-state index in [-0.39, 0.29) is 0 Å². The molecule has 0 aliphatic rings. The van der Waals surface area contributed by atoms with Crippen LogP contribution in [0.4, 0.5) is 0 Å². The van der Waals surface area contributed by atoms with Crippen LogP contribution in [0, 0.1) is 0 Å². The van der Waals surface area contributed by atoms with Crippen molar-refractivity contribution in [2.45, 2.75) is 6.10 Å². The van der Waals surface area contributed by atoms with Gasteiger partial charge in [0.1, 0.15) is 11.9 Å². The lowest BCUT2D eigenvalue weighted by atomic mass is 10.2. The number of hydrogen-bond donors (Lipinski definition) is 1. The highest BCUT2D eigenvalue weighted by atomic mass is 35.5. The van der Waals surface area contributed by atoms with Crippen molar-refractivity contribution in [3.05, 3.63) is 37.7 Å².